The second-order valence-electron chi connectivity index (χ2n) is 5.10. The first-order valence-corrected chi connectivity index (χ1v) is 7.27. The molecule has 3 N–H and O–H groups in total. The molecule has 2 aromatic carbocycles. The van der Waals surface area contributed by atoms with Crippen LogP contribution < -0.4 is 16.0 Å². The zero-order valence-corrected chi connectivity index (χ0v) is 12.0. The Balaban J connectivity index is 1.76. The summed E-state index contributed by atoms with van der Waals surface area (Å²) in [6, 6.07) is 13.9. The molecule has 2 aromatic rings. The highest BCUT2D eigenvalue weighted by molar-refractivity contribution is 6.31. The number of anilines is 4. The number of nitrogens with two attached hydrogens (primary N) is 1. The van der Waals surface area contributed by atoms with Gasteiger partial charge in [0.05, 0.1) is 11.4 Å². The standard InChI is InChI=1S/C16H18ClN3/c17-12-3-8-15(18)16(11-12)19-13-4-6-14(7-5-13)20-9-1-2-10-20/h3-8,11,19H,1-2,9-10,18H2. The Kier molecular flexibility index (Phi) is 3.70. The summed E-state index contributed by atoms with van der Waals surface area (Å²) in [7, 11) is 0. The van der Waals surface area contributed by atoms with Gasteiger partial charge in [0.1, 0.15) is 0 Å². The van der Waals surface area contributed by atoms with E-state index < -0.39 is 0 Å². The SMILES string of the molecule is Nc1ccc(Cl)cc1Nc1ccc(N2CCCC2)cc1. The average Bonchev–Trinajstić information content (AvgIpc) is 2.98. The van der Waals surface area contributed by atoms with Gasteiger partial charge in [-0.25, -0.2) is 0 Å². The van der Waals surface area contributed by atoms with E-state index in [0.29, 0.717) is 10.7 Å². The van der Waals surface area contributed by atoms with Crippen LogP contribution in [0.5, 0.6) is 0 Å². The van der Waals surface area contributed by atoms with Gasteiger partial charge in [0.15, 0.2) is 0 Å². The Hall–Kier alpha value is -1.87. The van der Waals surface area contributed by atoms with Gasteiger partial charge in [0.2, 0.25) is 0 Å². The van der Waals surface area contributed by atoms with Crippen LogP contribution in [0, 0.1) is 0 Å². The van der Waals surface area contributed by atoms with Crippen LogP contribution in [0.25, 0.3) is 0 Å². The Morgan fingerprint density at radius 2 is 1.70 bits per heavy atom. The Labute approximate surface area is 124 Å². The predicted octanol–water partition coefficient (Wildman–Crippen LogP) is 4.27. The third-order valence-electron chi connectivity index (χ3n) is 3.63. The molecule has 1 fully saturated rings. The van der Waals surface area contributed by atoms with Gasteiger partial charge in [-0.05, 0) is 55.3 Å². The van der Waals surface area contributed by atoms with Crippen molar-refractivity contribution in [3.63, 3.8) is 0 Å². The van der Waals surface area contributed by atoms with E-state index in [1.54, 1.807) is 6.07 Å². The molecule has 3 nitrogen and oxygen atoms in total. The van der Waals surface area contributed by atoms with E-state index in [1.165, 1.54) is 18.5 Å². The summed E-state index contributed by atoms with van der Waals surface area (Å²) in [6.07, 6.45) is 2.58. The van der Waals surface area contributed by atoms with Crippen LogP contribution in [0.2, 0.25) is 5.02 Å². The van der Waals surface area contributed by atoms with Gasteiger partial charge >= 0.3 is 0 Å². The maximum absolute atomic E-state index is 5.99. The van der Waals surface area contributed by atoms with E-state index in [9.17, 15) is 0 Å². The van der Waals surface area contributed by atoms with Gasteiger partial charge in [-0.15, -0.1) is 0 Å². The number of nitrogens with zero attached hydrogens (tertiary/aromatic N) is 1. The molecule has 0 amide bonds. The van der Waals surface area contributed by atoms with Gasteiger partial charge in [0.25, 0.3) is 0 Å². The molecule has 3 rings (SSSR count). The van der Waals surface area contributed by atoms with Crippen molar-refractivity contribution in [2.75, 3.05) is 29.0 Å². The first kappa shape index (κ1) is 13.1. The molecule has 0 saturated carbocycles. The van der Waals surface area contributed by atoms with Crippen LogP contribution in [0.15, 0.2) is 42.5 Å². The summed E-state index contributed by atoms with van der Waals surface area (Å²) in [6.45, 7) is 2.32. The predicted molar refractivity (Wildman–Crippen MR) is 87.0 cm³/mol. The van der Waals surface area contributed by atoms with Crippen molar-refractivity contribution in [3.05, 3.63) is 47.5 Å². The molecular formula is C16H18ClN3. The first-order chi connectivity index (χ1) is 9.72. The lowest BCUT2D eigenvalue weighted by Gasteiger charge is -2.18. The lowest BCUT2D eigenvalue weighted by Crippen LogP contribution is -2.17. The monoisotopic (exact) mass is 287 g/mol. The number of hydrogen-bond acceptors (Lipinski definition) is 3. The van der Waals surface area contributed by atoms with Crippen molar-refractivity contribution >= 4 is 34.4 Å². The average molecular weight is 288 g/mol. The minimum Gasteiger partial charge on any atom is -0.397 e. The fraction of sp³-hybridized carbons (Fsp3) is 0.250. The number of nitrogens with one attached hydrogen (secondary N) is 1. The quantitative estimate of drug-likeness (QED) is 0.829. The molecule has 1 aliphatic heterocycles. The largest absolute Gasteiger partial charge is 0.397 e. The molecule has 0 aliphatic carbocycles. The maximum atomic E-state index is 5.99. The highest BCUT2D eigenvalue weighted by Crippen LogP contribution is 2.28. The summed E-state index contributed by atoms with van der Waals surface area (Å²) >= 11 is 5.99. The van der Waals surface area contributed by atoms with Crippen molar-refractivity contribution in [2.45, 2.75) is 12.8 Å². The third kappa shape index (κ3) is 2.83. The summed E-state index contributed by atoms with van der Waals surface area (Å²) < 4.78 is 0. The van der Waals surface area contributed by atoms with Crippen molar-refractivity contribution in [1.82, 2.24) is 0 Å². The Morgan fingerprint density at radius 1 is 1.00 bits per heavy atom. The molecule has 104 valence electrons. The zero-order chi connectivity index (χ0) is 13.9. The minimum absolute atomic E-state index is 0.676. The molecule has 1 heterocycles. The smallest absolute Gasteiger partial charge is 0.0632 e. The van der Waals surface area contributed by atoms with Gasteiger partial charge in [-0.3, -0.25) is 0 Å². The van der Waals surface area contributed by atoms with Crippen molar-refractivity contribution in [1.29, 1.82) is 0 Å². The van der Waals surface area contributed by atoms with Gasteiger partial charge < -0.3 is 16.0 Å². The zero-order valence-electron chi connectivity index (χ0n) is 11.3. The van der Waals surface area contributed by atoms with Crippen LogP contribution in [0.1, 0.15) is 12.8 Å². The molecule has 0 radical (unpaired) electrons. The van der Waals surface area contributed by atoms with Gasteiger partial charge in [0, 0.05) is 29.5 Å². The highest BCUT2D eigenvalue weighted by atomic mass is 35.5. The van der Waals surface area contributed by atoms with Crippen LogP contribution in [-0.4, -0.2) is 13.1 Å². The molecule has 20 heavy (non-hydrogen) atoms. The first-order valence-electron chi connectivity index (χ1n) is 6.89. The molecule has 1 saturated heterocycles. The van der Waals surface area contributed by atoms with Crippen molar-refractivity contribution in [2.24, 2.45) is 0 Å². The van der Waals surface area contributed by atoms with E-state index in [4.69, 9.17) is 17.3 Å². The van der Waals surface area contributed by atoms with Gasteiger partial charge in [-0.2, -0.15) is 0 Å². The van der Waals surface area contributed by atoms with Crippen LogP contribution >= 0.6 is 11.6 Å². The van der Waals surface area contributed by atoms with Crippen molar-refractivity contribution in [3.8, 4) is 0 Å². The molecule has 1 aliphatic rings. The Bertz CT molecular complexity index is 589. The lowest BCUT2D eigenvalue weighted by molar-refractivity contribution is 0.949. The van der Waals surface area contributed by atoms with E-state index in [0.717, 1.165) is 24.5 Å². The summed E-state index contributed by atoms with van der Waals surface area (Å²) in [5, 5.41) is 3.98. The summed E-state index contributed by atoms with van der Waals surface area (Å²) in [4.78, 5) is 2.41. The van der Waals surface area contributed by atoms with Crippen molar-refractivity contribution < 1.29 is 0 Å². The van der Waals surface area contributed by atoms with E-state index in [1.807, 2.05) is 12.1 Å². The molecule has 0 unspecified atom stereocenters. The Morgan fingerprint density at radius 3 is 2.40 bits per heavy atom. The number of hydrogen-bond donors (Lipinski definition) is 2. The third-order valence-corrected chi connectivity index (χ3v) is 3.87. The molecule has 0 aromatic heterocycles. The minimum atomic E-state index is 0.676. The molecule has 0 atom stereocenters. The normalized spacial score (nSPS) is 14.6. The highest BCUT2D eigenvalue weighted by Gasteiger charge is 2.11. The van der Waals surface area contributed by atoms with Crippen LogP contribution in [0.3, 0.4) is 0 Å². The number of rotatable bonds is 3. The topological polar surface area (TPSA) is 41.3 Å². The summed E-state index contributed by atoms with van der Waals surface area (Å²) in [5.74, 6) is 0. The number of halogens is 1. The fourth-order valence-corrected chi connectivity index (χ4v) is 2.70. The second-order valence-corrected chi connectivity index (χ2v) is 5.53. The van der Waals surface area contributed by atoms with E-state index in [-0.39, 0.29) is 0 Å². The van der Waals surface area contributed by atoms with Crippen LogP contribution in [0.4, 0.5) is 22.7 Å². The summed E-state index contributed by atoms with van der Waals surface area (Å²) in [5.41, 5.74) is 9.77. The van der Waals surface area contributed by atoms with E-state index in [2.05, 4.69) is 34.5 Å². The number of benzene rings is 2. The van der Waals surface area contributed by atoms with E-state index >= 15 is 0 Å². The second kappa shape index (κ2) is 5.63. The molecule has 0 bridgehead atoms. The fourth-order valence-electron chi connectivity index (χ4n) is 2.52. The molecule has 0 spiro atoms. The molecular weight excluding hydrogens is 270 g/mol. The lowest BCUT2D eigenvalue weighted by atomic mass is 10.2. The number of nitrogen functional groups attached to an aromatic ring is 1. The van der Waals surface area contributed by atoms with Gasteiger partial charge in [-0.1, -0.05) is 11.6 Å². The molecule has 4 heteroatoms. The van der Waals surface area contributed by atoms with Crippen LogP contribution in [-0.2, 0) is 0 Å². The maximum Gasteiger partial charge on any atom is 0.0632 e.